The third-order valence-corrected chi connectivity index (χ3v) is 5.75. The lowest BCUT2D eigenvalue weighted by atomic mass is 10.1. The number of rotatable bonds is 6. The van der Waals surface area contributed by atoms with Crippen molar-refractivity contribution in [2.75, 3.05) is 26.0 Å². The van der Waals surface area contributed by atoms with E-state index in [1.165, 1.54) is 32.4 Å². The molecule has 0 unspecified atom stereocenters. The van der Waals surface area contributed by atoms with E-state index in [1.54, 1.807) is 0 Å². The molecule has 0 heterocycles. The lowest BCUT2D eigenvalue weighted by Gasteiger charge is -2.19. The molecule has 0 spiro atoms. The highest BCUT2D eigenvalue weighted by Gasteiger charge is 2.26. The van der Waals surface area contributed by atoms with E-state index in [0.29, 0.717) is 5.69 Å². The minimum Gasteiger partial charge on any atom is -0.495 e. The lowest BCUT2D eigenvalue weighted by Crippen LogP contribution is -2.35. The van der Waals surface area contributed by atoms with Gasteiger partial charge >= 0.3 is 0 Å². The lowest BCUT2D eigenvalue weighted by molar-refractivity contribution is -0.116. The van der Waals surface area contributed by atoms with Gasteiger partial charge in [-0.3, -0.25) is 4.79 Å². The third-order valence-electron chi connectivity index (χ3n) is 3.69. The highest BCUT2D eigenvalue weighted by molar-refractivity contribution is 7.89. The standard InChI is InChI=1S/C18H21ClN2O4S/c1-12-7-13(2)9-15(8-12)20-18(22)11-21(3)26(23,24)17-10-14(19)5-6-16(17)25-4/h5-10H,11H2,1-4H3,(H,20,22). The van der Waals surface area contributed by atoms with Gasteiger partial charge in [0, 0.05) is 17.8 Å². The number of nitrogens with one attached hydrogen (secondary N) is 1. The number of nitrogens with zero attached hydrogens (tertiary/aromatic N) is 1. The Labute approximate surface area is 158 Å². The number of anilines is 1. The molecule has 0 aliphatic carbocycles. The van der Waals surface area contributed by atoms with Gasteiger partial charge in [-0.2, -0.15) is 4.31 Å². The molecule has 26 heavy (non-hydrogen) atoms. The Hall–Kier alpha value is -2.09. The van der Waals surface area contributed by atoms with Crippen molar-refractivity contribution in [1.82, 2.24) is 4.31 Å². The number of carbonyl (C=O) groups is 1. The van der Waals surface area contributed by atoms with Crippen molar-refractivity contribution in [3.63, 3.8) is 0 Å². The van der Waals surface area contributed by atoms with Crippen molar-refractivity contribution in [3.8, 4) is 5.75 Å². The molecule has 0 fully saturated rings. The molecule has 1 N–H and O–H groups in total. The van der Waals surface area contributed by atoms with Crippen molar-refractivity contribution in [2.24, 2.45) is 0 Å². The number of benzene rings is 2. The van der Waals surface area contributed by atoms with E-state index in [2.05, 4.69) is 5.32 Å². The summed E-state index contributed by atoms with van der Waals surface area (Å²) in [6, 6.07) is 9.93. The van der Waals surface area contributed by atoms with Gasteiger partial charge in [0.05, 0.1) is 13.7 Å². The molecule has 0 saturated heterocycles. The molecule has 1 amide bonds. The molecular formula is C18H21ClN2O4S. The number of sulfonamides is 1. The SMILES string of the molecule is COc1ccc(Cl)cc1S(=O)(=O)N(C)CC(=O)Nc1cc(C)cc(C)c1. The Kier molecular flexibility index (Phi) is 6.28. The fraction of sp³-hybridized carbons (Fsp3) is 0.278. The van der Waals surface area contributed by atoms with E-state index in [9.17, 15) is 13.2 Å². The summed E-state index contributed by atoms with van der Waals surface area (Å²) in [4.78, 5) is 12.2. The van der Waals surface area contributed by atoms with Crippen LogP contribution in [0, 0.1) is 13.8 Å². The average Bonchev–Trinajstić information content (AvgIpc) is 2.53. The van der Waals surface area contributed by atoms with Crippen LogP contribution in [-0.4, -0.2) is 39.3 Å². The summed E-state index contributed by atoms with van der Waals surface area (Å²) in [6.45, 7) is 3.50. The number of carbonyl (C=O) groups excluding carboxylic acids is 1. The van der Waals surface area contributed by atoms with Gasteiger partial charge < -0.3 is 10.1 Å². The minimum atomic E-state index is -3.94. The summed E-state index contributed by atoms with van der Waals surface area (Å²) in [5, 5.41) is 2.98. The summed E-state index contributed by atoms with van der Waals surface area (Å²) in [6.07, 6.45) is 0. The van der Waals surface area contributed by atoms with Crippen LogP contribution >= 0.6 is 11.6 Å². The van der Waals surface area contributed by atoms with Crippen LogP contribution in [0.4, 0.5) is 5.69 Å². The number of halogens is 1. The number of methoxy groups -OCH3 is 1. The molecule has 0 bridgehead atoms. The van der Waals surface area contributed by atoms with Crippen LogP contribution in [0.2, 0.25) is 5.02 Å². The average molecular weight is 397 g/mol. The molecule has 0 aliphatic heterocycles. The molecular weight excluding hydrogens is 376 g/mol. The van der Waals surface area contributed by atoms with Gasteiger partial charge in [-0.05, 0) is 55.3 Å². The van der Waals surface area contributed by atoms with E-state index < -0.39 is 15.9 Å². The summed E-state index contributed by atoms with van der Waals surface area (Å²) in [7, 11) is -1.24. The van der Waals surface area contributed by atoms with Gasteiger partial charge in [-0.1, -0.05) is 17.7 Å². The van der Waals surface area contributed by atoms with Gasteiger partial charge in [0.15, 0.2) is 0 Å². The van der Waals surface area contributed by atoms with Crippen LogP contribution in [0.5, 0.6) is 5.75 Å². The maximum Gasteiger partial charge on any atom is 0.247 e. The Bertz CT molecular complexity index is 909. The zero-order valence-electron chi connectivity index (χ0n) is 15.0. The predicted octanol–water partition coefficient (Wildman–Crippen LogP) is 3.22. The molecule has 0 atom stereocenters. The summed E-state index contributed by atoms with van der Waals surface area (Å²) in [5.41, 5.74) is 2.63. The van der Waals surface area contributed by atoms with Gasteiger partial charge in [0.2, 0.25) is 15.9 Å². The van der Waals surface area contributed by atoms with E-state index in [4.69, 9.17) is 16.3 Å². The van der Waals surface area contributed by atoms with E-state index in [-0.39, 0.29) is 22.2 Å². The first kappa shape index (κ1) is 20.2. The Morgan fingerprint density at radius 3 is 2.35 bits per heavy atom. The zero-order chi connectivity index (χ0) is 19.5. The number of amides is 1. The summed E-state index contributed by atoms with van der Waals surface area (Å²) in [5.74, 6) is -0.280. The summed E-state index contributed by atoms with van der Waals surface area (Å²) >= 11 is 5.91. The number of ether oxygens (including phenoxy) is 1. The van der Waals surface area contributed by atoms with E-state index >= 15 is 0 Å². The number of hydrogen-bond donors (Lipinski definition) is 1. The normalized spacial score (nSPS) is 11.5. The molecule has 0 radical (unpaired) electrons. The molecule has 2 aromatic rings. The van der Waals surface area contributed by atoms with Gasteiger partial charge in [-0.15, -0.1) is 0 Å². The Morgan fingerprint density at radius 1 is 1.15 bits per heavy atom. The van der Waals surface area contributed by atoms with Crippen LogP contribution in [-0.2, 0) is 14.8 Å². The molecule has 2 rings (SSSR count). The first-order valence-corrected chi connectivity index (χ1v) is 9.63. The summed E-state index contributed by atoms with van der Waals surface area (Å²) < 4.78 is 31.6. The molecule has 140 valence electrons. The van der Waals surface area contributed by atoms with Crippen LogP contribution in [0.3, 0.4) is 0 Å². The van der Waals surface area contributed by atoms with Crippen LogP contribution in [0.15, 0.2) is 41.3 Å². The highest BCUT2D eigenvalue weighted by atomic mass is 35.5. The second-order valence-electron chi connectivity index (χ2n) is 5.98. The number of aryl methyl sites for hydroxylation is 2. The Balaban J connectivity index is 2.19. The van der Waals surface area contributed by atoms with Crippen LogP contribution < -0.4 is 10.1 Å². The van der Waals surface area contributed by atoms with Crippen molar-refractivity contribution in [2.45, 2.75) is 18.7 Å². The fourth-order valence-electron chi connectivity index (χ4n) is 2.55. The zero-order valence-corrected chi connectivity index (χ0v) is 16.6. The highest BCUT2D eigenvalue weighted by Crippen LogP contribution is 2.29. The topological polar surface area (TPSA) is 75.7 Å². The van der Waals surface area contributed by atoms with Crippen molar-refractivity contribution >= 4 is 33.2 Å². The first-order chi connectivity index (χ1) is 12.1. The maximum absolute atomic E-state index is 12.8. The maximum atomic E-state index is 12.8. The Morgan fingerprint density at radius 2 is 1.77 bits per heavy atom. The predicted molar refractivity (Wildman–Crippen MR) is 102 cm³/mol. The largest absolute Gasteiger partial charge is 0.495 e. The third kappa shape index (κ3) is 4.75. The number of likely N-dealkylation sites (N-methyl/N-ethyl adjacent to an activating group) is 1. The quantitative estimate of drug-likeness (QED) is 0.813. The van der Waals surface area contributed by atoms with Crippen LogP contribution in [0.1, 0.15) is 11.1 Å². The van der Waals surface area contributed by atoms with Gasteiger partial charge in [-0.25, -0.2) is 8.42 Å². The van der Waals surface area contributed by atoms with Gasteiger partial charge in [0.25, 0.3) is 0 Å². The first-order valence-electron chi connectivity index (χ1n) is 7.81. The fourth-order valence-corrected chi connectivity index (χ4v) is 4.10. The smallest absolute Gasteiger partial charge is 0.247 e. The molecule has 0 aliphatic rings. The van der Waals surface area contributed by atoms with E-state index in [1.807, 2.05) is 32.0 Å². The number of hydrogen-bond acceptors (Lipinski definition) is 4. The van der Waals surface area contributed by atoms with Crippen molar-refractivity contribution in [1.29, 1.82) is 0 Å². The van der Waals surface area contributed by atoms with Gasteiger partial charge in [0.1, 0.15) is 10.6 Å². The molecule has 0 saturated carbocycles. The molecule has 0 aromatic heterocycles. The molecule has 2 aromatic carbocycles. The van der Waals surface area contributed by atoms with E-state index in [0.717, 1.165) is 15.4 Å². The second kappa shape index (κ2) is 8.07. The minimum absolute atomic E-state index is 0.0887. The van der Waals surface area contributed by atoms with Crippen molar-refractivity contribution < 1.29 is 17.9 Å². The molecule has 8 heteroatoms. The monoisotopic (exact) mass is 396 g/mol. The molecule has 6 nitrogen and oxygen atoms in total. The second-order valence-corrected chi connectivity index (χ2v) is 8.43. The van der Waals surface area contributed by atoms with Crippen molar-refractivity contribution in [3.05, 3.63) is 52.5 Å². The van der Waals surface area contributed by atoms with Crippen LogP contribution in [0.25, 0.3) is 0 Å².